The van der Waals surface area contributed by atoms with Gasteiger partial charge in [-0.2, -0.15) is 4.31 Å². The highest BCUT2D eigenvalue weighted by Crippen LogP contribution is 2.13. The van der Waals surface area contributed by atoms with Crippen molar-refractivity contribution in [1.82, 2.24) is 13.9 Å². The number of nitrogens with one attached hydrogen (secondary N) is 1. The van der Waals surface area contributed by atoms with E-state index in [2.05, 4.69) is 9.62 Å². The van der Waals surface area contributed by atoms with Crippen molar-refractivity contribution in [2.75, 3.05) is 45.5 Å². The number of benzene rings is 1. The lowest BCUT2D eigenvalue weighted by atomic mass is 10.2. The molecular weight excluding hydrogens is 338 g/mol. The Morgan fingerprint density at radius 3 is 2.26 bits per heavy atom. The van der Waals surface area contributed by atoms with Crippen LogP contribution in [0, 0.1) is 6.92 Å². The maximum atomic E-state index is 12.3. The van der Waals surface area contributed by atoms with Gasteiger partial charge in [0.05, 0.1) is 10.6 Å². The van der Waals surface area contributed by atoms with Crippen LogP contribution < -0.4 is 4.72 Å². The van der Waals surface area contributed by atoms with E-state index in [1.54, 1.807) is 25.1 Å². The molecule has 9 heteroatoms. The van der Waals surface area contributed by atoms with Gasteiger partial charge in [0.25, 0.3) is 0 Å². The van der Waals surface area contributed by atoms with E-state index in [-0.39, 0.29) is 17.2 Å². The maximum Gasteiger partial charge on any atom is 0.240 e. The van der Waals surface area contributed by atoms with Gasteiger partial charge >= 0.3 is 0 Å². The topological polar surface area (TPSA) is 86.8 Å². The molecular formula is C14H23N3O4S2. The third-order valence-corrected chi connectivity index (χ3v) is 7.38. The molecule has 0 bridgehead atoms. The van der Waals surface area contributed by atoms with Gasteiger partial charge in [-0.3, -0.25) is 0 Å². The van der Waals surface area contributed by atoms with Crippen LogP contribution in [-0.2, 0) is 20.0 Å². The first-order valence-corrected chi connectivity index (χ1v) is 10.5. The summed E-state index contributed by atoms with van der Waals surface area (Å²) in [6, 6.07) is 6.61. The quantitative estimate of drug-likeness (QED) is 0.761. The van der Waals surface area contributed by atoms with Gasteiger partial charge in [-0.05, 0) is 25.6 Å². The van der Waals surface area contributed by atoms with Crippen molar-refractivity contribution in [3.05, 3.63) is 29.8 Å². The summed E-state index contributed by atoms with van der Waals surface area (Å²) in [5.41, 5.74) is 0.627. The molecule has 1 aromatic rings. The van der Waals surface area contributed by atoms with E-state index in [1.807, 2.05) is 7.05 Å². The van der Waals surface area contributed by atoms with E-state index >= 15 is 0 Å². The zero-order valence-electron chi connectivity index (χ0n) is 13.4. The van der Waals surface area contributed by atoms with Crippen LogP contribution in [0.4, 0.5) is 0 Å². The fraction of sp³-hybridized carbons (Fsp3) is 0.571. The molecule has 1 fully saturated rings. The highest BCUT2D eigenvalue weighted by molar-refractivity contribution is 7.90. The summed E-state index contributed by atoms with van der Waals surface area (Å²) in [4.78, 5) is 2.24. The van der Waals surface area contributed by atoms with Crippen molar-refractivity contribution >= 4 is 20.0 Å². The monoisotopic (exact) mass is 361 g/mol. The minimum atomic E-state index is -3.69. The van der Waals surface area contributed by atoms with Crippen LogP contribution in [0.3, 0.4) is 0 Å². The van der Waals surface area contributed by atoms with Gasteiger partial charge in [0, 0.05) is 32.7 Å². The van der Waals surface area contributed by atoms with E-state index in [9.17, 15) is 16.8 Å². The Kier molecular flexibility index (Phi) is 5.79. The smallest absolute Gasteiger partial charge is 0.240 e. The van der Waals surface area contributed by atoms with E-state index in [0.717, 1.165) is 0 Å². The first kappa shape index (κ1) is 18.3. The van der Waals surface area contributed by atoms with Crippen molar-refractivity contribution in [2.24, 2.45) is 0 Å². The van der Waals surface area contributed by atoms with Gasteiger partial charge in [0.15, 0.2) is 0 Å². The lowest BCUT2D eigenvalue weighted by Crippen LogP contribution is -2.48. The third-order valence-electron chi connectivity index (χ3n) is 3.89. The predicted molar refractivity (Wildman–Crippen MR) is 89.2 cm³/mol. The summed E-state index contributed by atoms with van der Waals surface area (Å²) in [6.45, 7) is 3.84. The molecule has 1 aliphatic heterocycles. The molecule has 2 rings (SSSR count). The van der Waals surface area contributed by atoms with Crippen molar-refractivity contribution in [1.29, 1.82) is 0 Å². The van der Waals surface area contributed by atoms with Crippen LogP contribution in [0.15, 0.2) is 29.2 Å². The first-order chi connectivity index (χ1) is 10.7. The van der Waals surface area contributed by atoms with Crippen LogP contribution in [0.5, 0.6) is 0 Å². The van der Waals surface area contributed by atoms with Crippen molar-refractivity contribution in [2.45, 2.75) is 11.8 Å². The fourth-order valence-corrected chi connectivity index (χ4v) is 5.18. The second-order valence-electron chi connectivity index (χ2n) is 5.68. The number of sulfonamides is 2. The number of likely N-dealkylation sites (N-methyl/N-ethyl adjacent to an activating group) is 1. The third kappa shape index (κ3) is 4.74. The summed E-state index contributed by atoms with van der Waals surface area (Å²) in [7, 11) is -5.19. The normalized spacial score (nSPS) is 18.2. The standard InChI is InChI=1S/C14H23N3O4S2/c1-13-5-3-4-6-14(13)23(20,21)15-7-12-22(18,19)17-10-8-16(2)9-11-17/h3-6,15H,7-12H2,1-2H3. The van der Waals surface area contributed by atoms with Gasteiger partial charge in [0.1, 0.15) is 0 Å². The van der Waals surface area contributed by atoms with E-state index in [1.165, 1.54) is 10.4 Å². The largest absolute Gasteiger partial charge is 0.304 e. The van der Waals surface area contributed by atoms with E-state index in [0.29, 0.717) is 31.7 Å². The highest BCUT2D eigenvalue weighted by Gasteiger charge is 2.26. The number of hydrogen-bond donors (Lipinski definition) is 1. The number of piperazine rings is 1. The molecule has 1 N–H and O–H groups in total. The lowest BCUT2D eigenvalue weighted by Gasteiger charge is -2.31. The Labute approximate surface area is 138 Å². The molecule has 1 aromatic carbocycles. The Balaban J connectivity index is 1.95. The minimum absolute atomic E-state index is 0.134. The Morgan fingerprint density at radius 2 is 1.65 bits per heavy atom. The molecule has 0 aliphatic carbocycles. The summed E-state index contributed by atoms with van der Waals surface area (Å²) in [5, 5.41) is 0. The SMILES string of the molecule is Cc1ccccc1S(=O)(=O)NCCS(=O)(=O)N1CCN(C)CC1. The summed E-state index contributed by atoms with van der Waals surface area (Å²) >= 11 is 0. The molecule has 1 saturated heterocycles. The second-order valence-corrected chi connectivity index (χ2v) is 9.51. The van der Waals surface area contributed by atoms with Crippen LogP contribution in [-0.4, -0.2) is 71.6 Å². The van der Waals surface area contributed by atoms with Crippen molar-refractivity contribution in [3.63, 3.8) is 0 Å². The minimum Gasteiger partial charge on any atom is -0.304 e. The highest BCUT2D eigenvalue weighted by atomic mass is 32.2. The number of hydrogen-bond acceptors (Lipinski definition) is 5. The molecule has 0 amide bonds. The van der Waals surface area contributed by atoms with Crippen LogP contribution in [0.2, 0.25) is 0 Å². The van der Waals surface area contributed by atoms with Gasteiger partial charge in [-0.15, -0.1) is 0 Å². The molecule has 0 spiro atoms. The van der Waals surface area contributed by atoms with Crippen LogP contribution >= 0.6 is 0 Å². The Hall–Kier alpha value is -1.00. The fourth-order valence-electron chi connectivity index (χ4n) is 2.44. The molecule has 23 heavy (non-hydrogen) atoms. The van der Waals surface area contributed by atoms with Crippen LogP contribution in [0.25, 0.3) is 0 Å². The zero-order valence-corrected chi connectivity index (χ0v) is 15.0. The summed E-state index contributed by atoms with van der Waals surface area (Å²) in [5.74, 6) is -0.234. The molecule has 0 saturated carbocycles. The summed E-state index contributed by atoms with van der Waals surface area (Å²) < 4.78 is 52.8. The van der Waals surface area contributed by atoms with E-state index in [4.69, 9.17) is 0 Å². The van der Waals surface area contributed by atoms with Gasteiger partial charge < -0.3 is 4.90 Å². The molecule has 1 aliphatic rings. The molecule has 0 unspecified atom stereocenters. The molecule has 1 heterocycles. The zero-order chi connectivity index (χ0) is 17.1. The second kappa shape index (κ2) is 7.27. The number of rotatable bonds is 6. The molecule has 130 valence electrons. The average Bonchev–Trinajstić information content (AvgIpc) is 2.47. The predicted octanol–water partition coefficient (Wildman–Crippen LogP) is -0.149. The molecule has 0 aromatic heterocycles. The average molecular weight is 361 g/mol. The van der Waals surface area contributed by atoms with Crippen molar-refractivity contribution in [3.8, 4) is 0 Å². The number of aryl methyl sites for hydroxylation is 1. The molecule has 0 radical (unpaired) electrons. The van der Waals surface area contributed by atoms with Gasteiger partial charge in [0.2, 0.25) is 20.0 Å². The van der Waals surface area contributed by atoms with E-state index < -0.39 is 20.0 Å². The van der Waals surface area contributed by atoms with Crippen LogP contribution in [0.1, 0.15) is 5.56 Å². The molecule has 0 atom stereocenters. The first-order valence-electron chi connectivity index (χ1n) is 7.44. The number of nitrogens with zero attached hydrogens (tertiary/aromatic N) is 2. The summed E-state index contributed by atoms with van der Waals surface area (Å²) in [6.07, 6.45) is 0. The Bertz CT molecular complexity index is 739. The van der Waals surface area contributed by atoms with Gasteiger partial charge in [-0.25, -0.2) is 21.6 Å². The lowest BCUT2D eigenvalue weighted by molar-refractivity contribution is 0.222. The maximum absolute atomic E-state index is 12.3. The van der Waals surface area contributed by atoms with Crippen molar-refractivity contribution < 1.29 is 16.8 Å². The van der Waals surface area contributed by atoms with Gasteiger partial charge in [-0.1, -0.05) is 18.2 Å². The Morgan fingerprint density at radius 1 is 1.04 bits per heavy atom. The molecule has 7 nitrogen and oxygen atoms in total.